The first-order valence-corrected chi connectivity index (χ1v) is 12.3. The van der Waals surface area contributed by atoms with E-state index in [4.69, 9.17) is 18.9 Å². The lowest BCUT2D eigenvalue weighted by Gasteiger charge is -2.28. The van der Waals surface area contributed by atoms with Crippen molar-refractivity contribution < 1.29 is 28.5 Å². The van der Waals surface area contributed by atoms with Crippen LogP contribution in [0.3, 0.4) is 0 Å². The van der Waals surface area contributed by atoms with Crippen LogP contribution >= 0.6 is 0 Å². The van der Waals surface area contributed by atoms with Gasteiger partial charge in [-0.1, -0.05) is 24.3 Å². The number of amides is 2. The van der Waals surface area contributed by atoms with Gasteiger partial charge < -0.3 is 33.7 Å². The highest BCUT2D eigenvalue weighted by Gasteiger charge is 2.22. The molecule has 2 amide bonds. The number of rotatable bonds is 15. The highest BCUT2D eigenvalue weighted by Crippen LogP contribution is 2.28. The fourth-order valence-electron chi connectivity index (χ4n) is 4.25. The van der Waals surface area contributed by atoms with Crippen LogP contribution in [-0.4, -0.2) is 87.9 Å². The standard InChI is InChI=1S/C28H37N3O6/c1-34-15-7-13-30(28(33)20-35-2)19-27(32)31(18-21-10-11-25(36-3)26(16-21)37-4)14-12-22-17-29-24-9-6-5-8-23(22)24/h5-6,8-11,16-17,29H,7,12-15,18-20H2,1-4H3. The van der Waals surface area contributed by atoms with Crippen molar-refractivity contribution in [1.29, 1.82) is 0 Å². The number of ether oxygens (including phenoxy) is 4. The molecule has 1 heterocycles. The van der Waals surface area contributed by atoms with E-state index < -0.39 is 0 Å². The molecule has 200 valence electrons. The third-order valence-corrected chi connectivity index (χ3v) is 6.22. The Kier molecular flexibility index (Phi) is 10.8. The number of carbonyl (C=O) groups excluding carboxylic acids is 2. The molecule has 0 aliphatic carbocycles. The average Bonchev–Trinajstić information content (AvgIpc) is 3.33. The number of carbonyl (C=O) groups is 2. The largest absolute Gasteiger partial charge is 0.493 e. The zero-order valence-electron chi connectivity index (χ0n) is 22.1. The molecule has 2 aromatic carbocycles. The lowest BCUT2D eigenvalue weighted by molar-refractivity contribution is -0.143. The van der Waals surface area contributed by atoms with Crippen LogP contribution in [0.5, 0.6) is 11.5 Å². The van der Waals surface area contributed by atoms with E-state index in [9.17, 15) is 9.59 Å². The molecule has 9 heteroatoms. The first-order chi connectivity index (χ1) is 18.0. The fourth-order valence-corrected chi connectivity index (χ4v) is 4.25. The Bertz CT molecular complexity index is 1160. The molecule has 9 nitrogen and oxygen atoms in total. The van der Waals surface area contributed by atoms with Gasteiger partial charge in [0.05, 0.1) is 20.8 Å². The van der Waals surface area contributed by atoms with E-state index in [1.807, 2.05) is 42.6 Å². The predicted molar refractivity (Wildman–Crippen MR) is 142 cm³/mol. The van der Waals surface area contributed by atoms with Crippen molar-refractivity contribution in [2.24, 2.45) is 0 Å². The van der Waals surface area contributed by atoms with Gasteiger partial charge in [-0.3, -0.25) is 9.59 Å². The molecule has 0 saturated heterocycles. The van der Waals surface area contributed by atoms with Gasteiger partial charge in [-0.25, -0.2) is 0 Å². The second-order valence-electron chi connectivity index (χ2n) is 8.71. The van der Waals surface area contributed by atoms with E-state index in [1.54, 1.807) is 26.2 Å². The average molecular weight is 512 g/mol. The minimum Gasteiger partial charge on any atom is -0.493 e. The molecule has 0 radical (unpaired) electrons. The van der Waals surface area contributed by atoms with Crippen LogP contribution in [0.15, 0.2) is 48.7 Å². The summed E-state index contributed by atoms with van der Waals surface area (Å²) in [6, 6.07) is 13.7. The first-order valence-electron chi connectivity index (χ1n) is 12.3. The number of hydrogen-bond donors (Lipinski definition) is 1. The number of aromatic amines is 1. The molecule has 1 aromatic heterocycles. The highest BCUT2D eigenvalue weighted by atomic mass is 16.5. The Balaban J connectivity index is 1.81. The molecule has 1 N–H and O–H groups in total. The third-order valence-electron chi connectivity index (χ3n) is 6.22. The van der Waals surface area contributed by atoms with Crippen LogP contribution in [0.25, 0.3) is 10.9 Å². The zero-order valence-corrected chi connectivity index (χ0v) is 22.1. The van der Waals surface area contributed by atoms with Crippen LogP contribution in [-0.2, 0) is 32.0 Å². The van der Waals surface area contributed by atoms with E-state index in [-0.39, 0.29) is 25.0 Å². The minimum absolute atomic E-state index is 0.0346. The topological polar surface area (TPSA) is 93.3 Å². The molecule has 0 atom stereocenters. The number of fused-ring (bicyclic) bond motifs is 1. The molecule has 0 saturated carbocycles. The quantitative estimate of drug-likeness (QED) is 0.315. The van der Waals surface area contributed by atoms with Gasteiger partial charge in [-0.15, -0.1) is 0 Å². The van der Waals surface area contributed by atoms with Crippen LogP contribution in [0.2, 0.25) is 0 Å². The number of para-hydroxylation sites is 1. The van der Waals surface area contributed by atoms with Gasteiger partial charge in [-0.2, -0.15) is 0 Å². The number of nitrogens with zero attached hydrogens (tertiary/aromatic N) is 2. The summed E-state index contributed by atoms with van der Waals surface area (Å²) < 4.78 is 21.0. The molecule has 0 spiro atoms. The lowest BCUT2D eigenvalue weighted by atomic mass is 10.1. The summed E-state index contributed by atoms with van der Waals surface area (Å²) in [5.74, 6) is 0.851. The maximum Gasteiger partial charge on any atom is 0.249 e. The number of nitrogens with one attached hydrogen (secondary N) is 1. The SMILES string of the molecule is COCCCN(CC(=O)N(CCc1c[nH]c2ccccc12)Cc1ccc(OC)c(OC)c1)C(=O)COC. The van der Waals surface area contributed by atoms with Gasteiger partial charge in [0.2, 0.25) is 11.8 Å². The molecule has 0 aliphatic heterocycles. The minimum atomic E-state index is -0.227. The summed E-state index contributed by atoms with van der Waals surface area (Å²) in [6.45, 7) is 1.65. The lowest BCUT2D eigenvalue weighted by Crippen LogP contribution is -2.45. The Morgan fingerprint density at radius 3 is 2.38 bits per heavy atom. The monoisotopic (exact) mass is 511 g/mol. The summed E-state index contributed by atoms with van der Waals surface area (Å²) in [4.78, 5) is 32.9. The molecule has 3 aromatic rings. The summed E-state index contributed by atoms with van der Waals surface area (Å²) in [5, 5.41) is 1.14. The summed E-state index contributed by atoms with van der Waals surface area (Å²) in [7, 11) is 6.25. The third kappa shape index (κ3) is 7.71. The van der Waals surface area contributed by atoms with Gasteiger partial charge in [0.15, 0.2) is 11.5 Å². The van der Waals surface area contributed by atoms with Crippen molar-refractivity contribution in [2.45, 2.75) is 19.4 Å². The summed E-state index contributed by atoms with van der Waals surface area (Å²) in [6.07, 6.45) is 3.28. The Hall–Kier alpha value is -3.56. The van der Waals surface area contributed by atoms with Crippen molar-refractivity contribution >= 4 is 22.7 Å². The normalized spacial score (nSPS) is 10.9. The van der Waals surface area contributed by atoms with E-state index >= 15 is 0 Å². The van der Waals surface area contributed by atoms with E-state index in [0.29, 0.717) is 50.6 Å². The Morgan fingerprint density at radius 1 is 0.865 bits per heavy atom. The maximum absolute atomic E-state index is 13.6. The van der Waals surface area contributed by atoms with Crippen molar-refractivity contribution in [1.82, 2.24) is 14.8 Å². The summed E-state index contributed by atoms with van der Waals surface area (Å²) in [5.41, 5.74) is 3.09. The van der Waals surface area contributed by atoms with Gasteiger partial charge in [0.25, 0.3) is 0 Å². The molecule has 0 aliphatic rings. The van der Waals surface area contributed by atoms with Gasteiger partial charge in [-0.05, 0) is 42.2 Å². The van der Waals surface area contributed by atoms with Crippen molar-refractivity contribution in [2.75, 3.05) is 61.3 Å². The first kappa shape index (κ1) is 28.0. The van der Waals surface area contributed by atoms with Crippen molar-refractivity contribution in [3.05, 3.63) is 59.8 Å². The highest BCUT2D eigenvalue weighted by molar-refractivity contribution is 5.86. The van der Waals surface area contributed by atoms with Crippen molar-refractivity contribution in [3.63, 3.8) is 0 Å². The second kappa shape index (κ2) is 14.2. The summed E-state index contributed by atoms with van der Waals surface area (Å²) >= 11 is 0. The van der Waals surface area contributed by atoms with E-state index in [1.165, 1.54) is 12.0 Å². The molecule has 0 unspecified atom stereocenters. The molecule has 0 bridgehead atoms. The molecular weight excluding hydrogens is 474 g/mol. The number of hydrogen-bond acceptors (Lipinski definition) is 6. The Labute approximate surface area is 218 Å². The molecular formula is C28H37N3O6. The maximum atomic E-state index is 13.6. The number of methoxy groups -OCH3 is 4. The smallest absolute Gasteiger partial charge is 0.249 e. The number of H-pyrrole nitrogens is 1. The number of aromatic nitrogens is 1. The van der Waals surface area contributed by atoms with Crippen LogP contribution < -0.4 is 9.47 Å². The van der Waals surface area contributed by atoms with Gasteiger partial charge in [0.1, 0.15) is 6.61 Å². The Morgan fingerprint density at radius 2 is 1.65 bits per heavy atom. The van der Waals surface area contributed by atoms with Crippen LogP contribution in [0, 0.1) is 0 Å². The second-order valence-corrected chi connectivity index (χ2v) is 8.71. The van der Waals surface area contributed by atoms with Crippen LogP contribution in [0.1, 0.15) is 17.5 Å². The molecule has 3 rings (SSSR count). The molecule has 0 fully saturated rings. The predicted octanol–water partition coefficient (Wildman–Crippen LogP) is 3.27. The van der Waals surface area contributed by atoms with Crippen LogP contribution in [0.4, 0.5) is 0 Å². The van der Waals surface area contributed by atoms with Crippen molar-refractivity contribution in [3.8, 4) is 11.5 Å². The van der Waals surface area contributed by atoms with E-state index in [2.05, 4.69) is 11.1 Å². The number of benzene rings is 2. The van der Waals surface area contributed by atoms with Gasteiger partial charge >= 0.3 is 0 Å². The molecule has 37 heavy (non-hydrogen) atoms. The van der Waals surface area contributed by atoms with Gasteiger partial charge in [0, 0.05) is 57.6 Å². The van der Waals surface area contributed by atoms with E-state index in [0.717, 1.165) is 22.0 Å². The zero-order chi connectivity index (χ0) is 26.6. The fraction of sp³-hybridized carbons (Fsp3) is 0.429.